The van der Waals surface area contributed by atoms with Gasteiger partial charge in [0.25, 0.3) is 5.91 Å². The van der Waals surface area contributed by atoms with Crippen LogP contribution in [0.15, 0.2) is 54.9 Å². The summed E-state index contributed by atoms with van der Waals surface area (Å²) in [5, 5.41) is 8.30. The van der Waals surface area contributed by atoms with E-state index in [9.17, 15) is 9.59 Å². The first-order chi connectivity index (χ1) is 22.1. The molecule has 46 heavy (non-hydrogen) atoms. The molecule has 1 saturated heterocycles. The van der Waals surface area contributed by atoms with Crippen LogP contribution >= 0.6 is 0 Å². The van der Waals surface area contributed by atoms with Crippen LogP contribution in [0.1, 0.15) is 81.6 Å². The van der Waals surface area contributed by atoms with Gasteiger partial charge in [0.2, 0.25) is 5.88 Å². The fraction of sp³-hybridized carbons (Fsp3) is 0.528. The minimum Gasteiger partial charge on any atom is -0.497 e. The van der Waals surface area contributed by atoms with E-state index >= 15 is 0 Å². The van der Waals surface area contributed by atoms with Crippen molar-refractivity contribution in [2.75, 3.05) is 49.8 Å². The number of hydrogen-bond acceptors (Lipinski definition) is 9. The number of anilines is 2. The van der Waals surface area contributed by atoms with Crippen molar-refractivity contribution < 1.29 is 23.8 Å². The molecule has 1 amide bonds. The molecular formula is C36H47N5O5. The number of ether oxygens (including phenoxy) is 3. The maximum Gasteiger partial charge on any atom is 0.306 e. The molecule has 2 aliphatic rings. The molecule has 0 radical (unpaired) electrons. The van der Waals surface area contributed by atoms with Gasteiger partial charge in [0, 0.05) is 44.2 Å². The van der Waals surface area contributed by atoms with Crippen LogP contribution in [0, 0.1) is 17.3 Å². The highest BCUT2D eigenvalue weighted by Crippen LogP contribution is 2.45. The molecule has 3 aromatic rings. The zero-order valence-electron chi connectivity index (χ0n) is 27.8. The lowest BCUT2D eigenvalue weighted by Crippen LogP contribution is -2.41. The van der Waals surface area contributed by atoms with Crippen molar-refractivity contribution in [3.8, 4) is 11.6 Å². The maximum absolute atomic E-state index is 14.2. The molecule has 246 valence electrons. The van der Waals surface area contributed by atoms with E-state index in [0.717, 1.165) is 50.0 Å². The quantitative estimate of drug-likeness (QED) is 0.201. The van der Waals surface area contributed by atoms with E-state index in [4.69, 9.17) is 14.2 Å². The SMILES string of the molecule is CCOC(=O)CC(c1ccnc(OCC2CCN(c3cc(OC)ccc3C(=O)N(CC(C)(C)C)c3cccnn3)CC2)c1)C1CC1. The number of hydrogen-bond donors (Lipinski definition) is 0. The lowest BCUT2D eigenvalue weighted by molar-refractivity contribution is -0.143. The normalized spacial score (nSPS) is 16.1. The summed E-state index contributed by atoms with van der Waals surface area (Å²) in [7, 11) is 1.64. The molecule has 10 nitrogen and oxygen atoms in total. The minimum atomic E-state index is -0.151. The smallest absolute Gasteiger partial charge is 0.306 e. The molecule has 0 bridgehead atoms. The Morgan fingerprint density at radius 3 is 2.48 bits per heavy atom. The van der Waals surface area contributed by atoms with Crippen molar-refractivity contribution in [3.63, 3.8) is 0 Å². The van der Waals surface area contributed by atoms with Gasteiger partial charge in [-0.05, 0) is 91.7 Å². The summed E-state index contributed by atoms with van der Waals surface area (Å²) in [6.07, 6.45) is 7.87. The summed E-state index contributed by atoms with van der Waals surface area (Å²) in [5.74, 6) is 2.57. The number of piperidine rings is 1. The fourth-order valence-electron chi connectivity index (χ4n) is 6.13. The van der Waals surface area contributed by atoms with Crippen LogP contribution in [0.5, 0.6) is 11.6 Å². The maximum atomic E-state index is 14.2. The highest BCUT2D eigenvalue weighted by atomic mass is 16.5. The number of rotatable bonds is 13. The summed E-state index contributed by atoms with van der Waals surface area (Å²) >= 11 is 0. The lowest BCUT2D eigenvalue weighted by Gasteiger charge is -2.35. The predicted molar refractivity (Wildman–Crippen MR) is 178 cm³/mol. The van der Waals surface area contributed by atoms with Gasteiger partial charge in [-0.2, -0.15) is 5.10 Å². The summed E-state index contributed by atoms with van der Waals surface area (Å²) in [6, 6.07) is 13.3. The van der Waals surface area contributed by atoms with E-state index in [1.807, 2.05) is 43.3 Å². The van der Waals surface area contributed by atoms with Crippen molar-refractivity contribution >= 4 is 23.4 Å². The minimum absolute atomic E-state index is 0.114. The van der Waals surface area contributed by atoms with E-state index in [-0.39, 0.29) is 23.2 Å². The zero-order chi connectivity index (χ0) is 32.7. The van der Waals surface area contributed by atoms with Crippen LogP contribution in [-0.4, -0.2) is 67.0 Å². The number of benzene rings is 1. The Morgan fingerprint density at radius 2 is 1.83 bits per heavy atom. The molecule has 1 aromatic carbocycles. The number of pyridine rings is 1. The largest absolute Gasteiger partial charge is 0.497 e. The van der Waals surface area contributed by atoms with E-state index in [0.29, 0.717) is 61.0 Å². The van der Waals surface area contributed by atoms with Crippen LogP contribution in [0.25, 0.3) is 0 Å². The van der Waals surface area contributed by atoms with Gasteiger partial charge in [-0.25, -0.2) is 4.98 Å². The number of carbonyl (C=O) groups is 2. The molecule has 1 saturated carbocycles. The topological polar surface area (TPSA) is 107 Å². The number of aromatic nitrogens is 3. The van der Waals surface area contributed by atoms with Crippen LogP contribution in [-0.2, 0) is 9.53 Å². The first kappa shape index (κ1) is 33.2. The number of methoxy groups -OCH3 is 1. The van der Waals surface area contributed by atoms with E-state index in [1.54, 1.807) is 30.5 Å². The molecule has 0 spiro atoms. The molecule has 1 aliphatic carbocycles. The highest BCUT2D eigenvalue weighted by Gasteiger charge is 2.35. The molecular weight excluding hydrogens is 582 g/mol. The Balaban J connectivity index is 1.25. The third kappa shape index (κ3) is 8.73. The van der Waals surface area contributed by atoms with Crippen LogP contribution in [0.2, 0.25) is 0 Å². The van der Waals surface area contributed by atoms with Gasteiger partial charge in [-0.15, -0.1) is 5.10 Å². The Labute approximate surface area is 272 Å². The Kier molecular flexibility index (Phi) is 10.8. The summed E-state index contributed by atoms with van der Waals surface area (Å²) in [6.45, 7) is 11.2. The third-order valence-corrected chi connectivity index (χ3v) is 8.64. The van der Waals surface area contributed by atoms with Crippen molar-refractivity contribution in [1.29, 1.82) is 0 Å². The van der Waals surface area contributed by atoms with Crippen LogP contribution < -0.4 is 19.3 Å². The number of nitrogens with zero attached hydrogens (tertiary/aromatic N) is 5. The van der Waals surface area contributed by atoms with Gasteiger partial charge in [0.1, 0.15) is 5.75 Å². The van der Waals surface area contributed by atoms with Gasteiger partial charge in [-0.1, -0.05) is 20.8 Å². The van der Waals surface area contributed by atoms with Gasteiger partial charge in [0.15, 0.2) is 5.82 Å². The van der Waals surface area contributed by atoms with Gasteiger partial charge in [0.05, 0.1) is 38.0 Å². The molecule has 1 atom stereocenters. The Hall–Kier alpha value is -4.21. The summed E-state index contributed by atoms with van der Waals surface area (Å²) in [5.41, 5.74) is 2.41. The van der Waals surface area contributed by atoms with Gasteiger partial charge >= 0.3 is 5.97 Å². The number of amides is 1. The molecule has 10 heteroatoms. The third-order valence-electron chi connectivity index (χ3n) is 8.64. The predicted octanol–water partition coefficient (Wildman–Crippen LogP) is 6.32. The Morgan fingerprint density at radius 1 is 1.04 bits per heavy atom. The number of esters is 1. The molecule has 5 rings (SSSR count). The molecule has 1 unspecified atom stereocenters. The first-order valence-corrected chi connectivity index (χ1v) is 16.4. The molecule has 3 heterocycles. The zero-order valence-corrected chi connectivity index (χ0v) is 27.8. The average molecular weight is 630 g/mol. The second-order valence-electron chi connectivity index (χ2n) is 13.5. The van der Waals surface area contributed by atoms with Crippen LogP contribution in [0.4, 0.5) is 11.5 Å². The standard InChI is InChI=1S/C36H47N5O5/c1-6-45-34(42)22-30(26-9-10-26)27-13-17-37-33(20-27)46-23-25-14-18-40(19-15-25)31-21-28(44-5)11-12-29(31)35(43)41(24-36(2,3)4)32-8-7-16-38-39-32/h7-8,11-13,16-17,20-21,25-26,30H,6,9-10,14-15,18-19,22-24H2,1-5H3. The van der Waals surface area contributed by atoms with Crippen LogP contribution in [0.3, 0.4) is 0 Å². The van der Waals surface area contributed by atoms with E-state index in [1.165, 1.54) is 0 Å². The Bertz CT molecular complexity index is 1470. The molecule has 2 aromatic heterocycles. The van der Waals surface area contributed by atoms with E-state index in [2.05, 4.69) is 40.9 Å². The van der Waals surface area contributed by atoms with Gasteiger partial charge in [-0.3, -0.25) is 14.5 Å². The number of carbonyl (C=O) groups excluding carboxylic acids is 2. The second kappa shape index (κ2) is 14.9. The summed E-state index contributed by atoms with van der Waals surface area (Å²) < 4.78 is 17.0. The van der Waals surface area contributed by atoms with Gasteiger partial charge < -0.3 is 19.1 Å². The second-order valence-corrected chi connectivity index (χ2v) is 13.5. The average Bonchev–Trinajstić information content (AvgIpc) is 3.91. The molecule has 1 aliphatic heterocycles. The summed E-state index contributed by atoms with van der Waals surface area (Å²) in [4.78, 5) is 34.9. The van der Waals surface area contributed by atoms with Crippen molar-refractivity contribution in [3.05, 3.63) is 66.0 Å². The van der Waals surface area contributed by atoms with E-state index < -0.39 is 0 Å². The molecule has 0 N–H and O–H groups in total. The van der Waals surface area contributed by atoms with Crippen molar-refractivity contribution in [1.82, 2.24) is 15.2 Å². The van der Waals surface area contributed by atoms with Crippen molar-refractivity contribution in [2.45, 2.75) is 65.7 Å². The first-order valence-electron chi connectivity index (χ1n) is 16.4. The molecule has 2 fully saturated rings. The highest BCUT2D eigenvalue weighted by molar-refractivity contribution is 6.09. The van der Waals surface area contributed by atoms with Crippen molar-refractivity contribution in [2.24, 2.45) is 17.3 Å². The fourth-order valence-corrected chi connectivity index (χ4v) is 6.13. The lowest BCUT2D eigenvalue weighted by atomic mass is 9.92. The monoisotopic (exact) mass is 629 g/mol.